The molecule has 0 bridgehead atoms. The van der Waals surface area contributed by atoms with Gasteiger partial charge in [-0.15, -0.1) is 11.3 Å². The van der Waals surface area contributed by atoms with E-state index in [2.05, 4.69) is 5.32 Å². The Morgan fingerprint density at radius 2 is 1.86 bits per heavy atom. The molecule has 3 rings (SSSR count). The number of nitrogens with one attached hydrogen (secondary N) is 1. The highest BCUT2D eigenvalue weighted by Gasteiger charge is 2.33. The van der Waals surface area contributed by atoms with Crippen molar-refractivity contribution >= 4 is 11.3 Å². The van der Waals surface area contributed by atoms with Gasteiger partial charge >= 0.3 is 0 Å². The van der Waals surface area contributed by atoms with Crippen LogP contribution in [0.4, 0.5) is 0 Å². The summed E-state index contributed by atoms with van der Waals surface area (Å²) in [5, 5.41) is 27.5. The van der Waals surface area contributed by atoms with Crippen molar-refractivity contribution in [3.05, 3.63) is 88.1 Å². The van der Waals surface area contributed by atoms with E-state index in [9.17, 15) is 10.2 Å². The maximum atomic E-state index is 11.6. The number of aliphatic hydroxyl groups is 2. The molecule has 0 aliphatic carbocycles. The third kappa shape index (κ3) is 4.62. The van der Waals surface area contributed by atoms with Crippen LogP contribution in [0.15, 0.2) is 72.1 Å². The Morgan fingerprint density at radius 1 is 1.07 bits per heavy atom. The van der Waals surface area contributed by atoms with Gasteiger partial charge in [0.15, 0.2) is 0 Å². The molecule has 0 spiro atoms. The van der Waals surface area contributed by atoms with Crippen LogP contribution in [0.3, 0.4) is 0 Å². The zero-order chi connectivity index (χ0) is 20.0. The largest absolute Gasteiger partial charge is 0.497 e. The van der Waals surface area contributed by atoms with Crippen molar-refractivity contribution in [2.45, 2.75) is 31.1 Å². The van der Waals surface area contributed by atoms with E-state index in [4.69, 9.17) is 4.74 Å². The van der Waals surface area contributed by atoms with Crippen molar-refractivity contribution in [1.29, 1.82) is 0 Å². The first-order valence-corrected chi connectivity index (χ1v) is 10.3. The highest BCUT2D eigenvalue weighted by molar-refractivity contribution is 7.10. The zero-order valence-corrected chi connectivity index (χ0v) is 17.0. The summed E-state index contributed by atoms with van der Waals surface area (Å²) in [7, 11) is 1.62. The lowest BCUT2D eigenvalue weighted by Gasteiger charge is -2.29. The maximum Gasteiger partial charge on any atom is 0.125 e. The van der Waals surface area contributed by atoms with Gasteiger partial charge in [-0.2, -0.15) is 0 Å². The molecule has 2 aromatic carbocycles. The summed E-state index contributed by atoms with van der Waals surface area (Å²) in [6, 6.07) is 20.9. The summed E-state index contributed by atoms with van der Waals surface area (Å²) in [6.45, 7) is 2.50. The molecule has 0 radical (unpaired) electrons. The van der Waals surface area contributed by atoms with Crippen LogP contribution in [0.5, 0.6) is 5.75 Å². The van der Waals surface area contributed by atoms with E-state index in [0.29, 0.717) is 18.7 Å². The second kappa shape index (κ2) is 9.34. The minimum Gasteiger partial charge on any atom is -0.497 e. The molecule has 3 atom stereocenters. The second-order valence-corrected chi connectivity index (χ2v) is 7.87. The fourth-order valence-corrected chi connectivity index (χ4v) is 4.21. The molecule has 4 nitrogen and oxygen atoms in total. The Kier molecular flexibility index (Phi) is 6.86. The van der Waals surface area contributed by atoms with Crippen LogP contribution in [-0.4, -0.2) is 29.9 Å². The molecule has 3 N–H and O–H groups in total. The first-order valence-electron chi connectivity index (χ1n) is 9.42. The number of methoxy groups -OCH3 is 1. The van der Waals surface area contributed by atoms with Gasteiger partial charge in [-0.25, -0.2) is 0 Å². The summed E-state index contributed by atoms with van der Waals surface area (Å²) in [5.41, 5.74) is 0.559. The van der Waals surface area contributed by atoms with Crippen LogP contribution in [0.2, 0.25) is 0 Å². The number of ether oxygens (including phenoxy) is 1. The van der Waals surface area contributed by atoms with Gasteiger partial charge in [0.25, 0.3) is 0 Å². The van der Waals surface area contributed by atoms with E-state index in [1.54, 1.807) is 7.11 Å². The maximum absolute atomic E-state index is 11.6. The van der Waals surface area contributed by atoms with Gasteiger partial charge in [-0.05, 0) is 54.6 Å². The topological polar surface area (TPSA) is 61.7 Å². The molecule has 0 saturated carbocycles. The molecule has 148 valence electrons. The van der Waals surface area contributed by atoms with Crippen molar-refractivity contribution in [1.82, 2.24) is 5.32 Å². The average Bonchev–Trinajstić information content (AvgIpc) is 3.29. The Balaban J connectivity index is 1.72. The minimum atomic E-state index is -1.12. The third-order valence-electron chi connectivity index (χ3n) is 5.04. The standard InChI is InChI=1S/C23H27NO3S/c1-17(22(25)18-8-4-3-5-9-18)24-14-13-23(26,21-12-7-15-28-21)19-10-6-11-20(16-19)27-2/h3-12,15-17,22,24-26H,13-14H2,1-2H3. The number of rotatable bonds is 9. The van der Waals surface area contributed by atoms with Gasteiger partial charge < -0.3 is 20.3 Å². The summed E-state index contributed by atoms with van der Waals surface area (Å²) in [4.78, 5) is 0.888. The van der Waals surface area contributed by atoms with E-state index in [0.717, 1.165) is 16.0 Å². The smallest absolute Gasteiger partial charge is 0.125 e. The van der Waals surface area contributed by atoms with Gasteiger partial charge in [0.2, 0.25) is 0 Å². The van der Waals surface area contributed by atoms with Crippen LogP contribution in [-0.2, 0) is 5.60 Å². The molecule has 0 saturated heterocycles. The van der Waals surface area contributed by atoms with Crippen molar-refractivity contribution in [2.75, 3.05) is 13.7 Å². The number of thiophene rings is 1. The summed E-state index contributed by atoms with van der Waals surface area (Å²) >= 11 is 1.53. The van der Waals surface area contributed by atoms with E-state index < -0.39 is 11.7 Å². The lowest BCUT2D eigenvalue weighted by molar-refractivity contribution is 0.0696. The number of aliphatic hydroxyl groups excluding tert-OH is 1. The fraction of sp³-hybridized carbons (Fsp3) is 0.304. The molecule has 0 fully saturated rings. The van der Waals surface area contributed by atoms with Crippen molar-refractivity contribution in [3.8, 4) is 5.75 Å². The summed E-state index contributed by atoms with van der Waals surface area (Å²) in [6.07, 6.45) is -0.125. The van der Waals surface area contributed by atoms with Crippen LogP contribution in [0.1, 0.15) is 35.5 Å². The third-order valence-corrected chi connectivity index (χ3v) is 6.06. The van der Waals surface area contributed by atoms with Gasteiger partial charge in [0.05, 0.1) is 13.2 Å². The molecule has 1 aromatic heterocycles. The zero-order valence-electron chi connectivity index (χ0n) is 16.2. The molecule has 1 heterocycles. The number of hydrogen-bond acceptors (Lipinski definition) is 5. The Labute approximate surface area is 170 Å². The van der Waals surface area contributed by atoms with Crippen LogP contribution >= 0.6 is 11.3 Å². The van der Waals surface area contributed by atoms with E-state index >= 15 is 0 Å². The molecular formula is C23H27NO3S. The van der Waals surface area contributed by atoms with Gasteiger partial charge in [-0.1, -0.05) is 48.5 Å². The van der Waals surface area contributed by atoms with Crippen LogP contribution in [0.25, 0.3) is 0 Å². The molecule has 28 heavy (non-hydrogen) atoms. The second-order valence-electron chi connectivity index (χ2n) is 6.92. The predicted octanol–water partition coefficient (Wildman–Crippen LogP) is 4.09. The fourth-order valence-electron chi connectivity index (χ4n) is 3.34. The van der Waals surface area contributed by atoms with Gasteiger partial charge in [-0.3, -0.25) is 0 Å². The average molecular weight is 398 g/mol. The molecule has 3 unspecified atom stereocenters. The molecule has 0 aliphatic heterocycles. The Morgan fingerprint density at radius 3 is 2.54 bits per heavy atom. The normalized spacial score (nSPS) is 15.6. The number of benzene rings is 2. The Bertz CT molecular complexity index is 853. The SMILES string of the molecule is COc1cccc(C(O)(CCNC(C)C(O)c2ccccc2)c2cccs2)c1. The first-order chi connectivity index (χ1) is 13.5. The quantitative estimate of drug-likeness (QED) is 0.509. The molecule has 3 aromatic rings. The number of hydrogen-bond donors (Lipinski definition) is 3. The van der Waals surface area contributed by atoms with Gasteiger partial charge in [0, 0.05) is 10.9 Å². The van der Waals surface area contributed by atoms with Crippen molar-refractivity contribution in [2.24, 2.45) is 0 Å². The molecule has 0 aliphatic rings. The summed E-state index contributed by atoms with van der Waals surface area (Å²) in [5.74, 6) is 0.716. The molecule has 0 amide bonds. The first kappa shape index (κ1) is 20.6. The van der Waals surface area contributed by atoms with E-state index in [1.165, 1.54) is 11.3 Å². The highest BCUT2D eigenvalue weighted by Crippen LogP contribution is 2.37. The minimum absolute atomic E-state index is 0.139. The monoisotopic (exact) mass is 397 g/mol. The van der Waals surface area contributed by atoms with Crippen molar-refractivity contribution < 1.29 is 14.9 Å². The van der Waals surface area contributed by atoms with Crippen molar-refractivity contribution in [3.63, 3.8) is 0 Å². The van der Waals surface area contributed by atoms with Crippen LogP contribution < -0.4 is 10.1 Å². The van der Waals surface area contributed by atoms with E-state index in [1.807, 2.05) is 79.0 Å². The van der Waals surface area contributed by atoms with Crippen LogP contribution in [0, 0.1) is 0 Å². The highest BCUT2D eigenvalue weighted by atomic mass is 32.1. The molecular weight excluding hydrogens is 370 g/mol. The summed E-state index contributed by atoms with van der Waals surface area (Å²) < 4.78 is 5.33. The molecule has 5 heteroatoms. The predicted molar refractivity (Wildman–Crippen MR) is 114 cm³/mol. The van der Waals surface area contributed by atoms with Gasteiger partial charge in [0.1, 0.15) is 11.4 Å². The Hall–Kier alpha value is -2.18. The van der Waals surface area contributed by atoms with E-state index in [-0.39, 0.29) is 6.04 Å². The lowest BCUT2D eigenvalue weighted by Crippen LogP contribution is -2.37. The lowest BCUT2D eigenvalue weighted by atomic mass is 9.88.